The summed E-state index contributed by atoms with van der Waals surface area (Å²) in [5.74, 6) is 3.93. The van der Waals surface area contributed by atoms with Crippen molar-refractivity contribution in [3.63, 3.8) is 0 Å². The van der Waals surface area contributed by atoms with Crippen molar-refractivity contribution in [2.45, 2.75) is 19.3 Å². The summed E-state index contributed by atoms with van der Waals surface area (Å²) >= 11 is 0. The number of nitrogens with zero attached hydrogens (tertiary/aromatic N) is 2. The number of hydrogen-bond donors (Lipinski definition) is 2. The highest BCUT2D eigenvalue weighted by molar-refractivity contribution is 5.42. The largest absolute Gasteiger partial charge is 0.481 e. The van der Waals surface area contributed by atoms with Crippen LogP contribution in [0.15, 0.2) is 6.07 Å². The third-order valence-electron chi connectivity index (χ3n) is 1.98. The first-order valence-corrected chi connectivity index (χ1v) is 5.12. The maximum absolute atomic E-state index is 5.52. The normalized spacial score (nSPS) is 9.50. The zero-order chi connectivity index (χ0) is 11.8. The quantitative estimate of drug-likeness (QED) is 0.558. The van der Waals surface area contributed by atoms with Gasteiger partial charge in [-0.2, -0.15) is 9.97 Å². The smallest absolute Gasteiger partial charge is 0.225 e. The molecule has 0 unspecified atom stereocenters. The van der Waals surface area contributed by atoms with Gasteiger partial charge in [-0.15, -0.1) is 12.3 Å². The minimum Gasteiger partial charge on any atom is -0.481 e. The molecule has 1 heterocycles. The molecule has 1 aromatic rings. The van der Waals surface area contributed by atoms with Gasteiger partial charge >= 0.3 is 0 Å². The summed E-state index contributed by atoms with van der Waals surface area (Å²) in [6, 6.07) is 1.71. The zero-order valence-corrected chi connectivity index (χ0v) is 9.36. The van der Waals surface area contributed by atoms with Crippen molar-refractivity contribution in [2.75, 3.05) is 24.7 Å². The second kappa shape index (κ2) is 6.51. The molecule has 0 aliphatic rings. The van der Waals surface area contributed by atoms with Crippen LogP contribution in [0.1, 0.15) is 19.3 Å². The van der Waals surface area contributed by atoms with Crippen LogP contribution >= 0.6 is 0 Å². The molecule has 5 nitrogen and oxygen atoms in total. The van der Waals surface area contributed by atoms with Crippen LogP contribution in [0.4, 0.5) is 11.8 Å². The number of unbranched alkanes of at least 4 members (excludes halogenated alkanes) is 2. The third kappa shape index (κ3) is 4.05. The molecule has 3 N–H and O–H groups in total. The molecule has 0 amide bonds. The summed E-state index contributed by atoms with van der Waals surface area (Å²) in [7, 11) is 1.54. The van der Waals surface area contributed by atoms with Gasteiger partial charge in [0.1, 0.15) is 5.82 Å². The van der Waals surface area contributed by atoms with Gasteiger partial charge in [0.2, 0.25) is 11.8 Å². The Morgan fingerprint density at radius 2 is 2.31 bits per heavy atom. The van der Waals surface area contributed by atoms with E-state index in [4.69, 9.17) is 16.9 Å². The van der Waals surface area contributed by atoms with Crippen LogP contribution in [-0.2, 0) is 0 Å². The van der Waals surface area contributed by atoms with Crippen LogP contribution in [0.25, 0.3) is 0 Å². The summed E-state index contributed by atoms with van der Waals surface area (Å²) in [5.41, 5.74) is 5.52. The van der Waals surface area contributed by atoms with Crippen LogP contribution < -0.4 is 15.8 Å². The number of hydrogen-bond acceptors (Lipinski definition) is 5. The molecule has 0 aliphatic carbocycles. The summed E-state index contributed by atoms with van der Waals surface area (Å²) in [6.07, 6.45) is 7.96. The van der Waals surface area contributed by atoms with Crippen molar-refractivity contribution in [2.24, 2.45) is 0 Å². The molecule has 0 spiro atoms. The topological polar surface area (TPSA) is 73.1 Å². The van der Waals surface area contributed by atoms with Gasteiger partial charge in [0.25, 0.3) is 0 Å². The Kier molecular flexibility index (Phi) is 4.93. The first-order chi connectivity index (χ1) is 7.76. The lowest BCUT2D eigenvalue weighted by molar-refractivity contribution is 0.398. The predicted octanol–water partition coefficient (Wildman–Crippen LogP) is 1.28. The van der Waals surface area contributed by atoms with E-state index in [9.17, 15) is 0 Å². The molecular weight excluding hydrogens is 204 g/mol. The second-order valence-corrected chi connectivity index (χ2v) is 3.24. The van der Waals surface area contributed by atoms with Crippen molar-refractivity contribution in [3.05, 3.63) is 6.07 Å². The molecule has 1 rings (SSSR count). The van der Waals surface area contributed by atoms with Gasteiger partial charge in [0.05, 0.1) is 7.11 Å². The lowest BCUT2D eigenvalue weighted by Crippen LogP contribution is -2.06. The first kappa shape index (κ1) is 12.1. The van der Waals surface area contributed by atoms with Gasteiger partial charge < -0.3 is 15.8 Å². The van der Waals surface area contributed by atoms with Crippen molar-refractivity contribution >= 4 is 11.8 Å². The van der Waals surface area contributed by atoms with Crippen molar-refractivity contribution in [1.29, 1.82) is 0 Å². The Morgan fingerprint density at radius 1 is 1.50 bits per heavy atom. The van der Waals surface area contributed by atoms with Gasteiger partial charge in [0.15, 0.2) is 0 Å². The summed E-state index contributed by atoms with van der Waals surface area (Å²) < 4.78 is 4.98. The fourth-order valence-electron chi connectivity index (χ4n) is 1.21. The average molecular weight is 220 g/mol. The Morgan fingerprint density at radius 3 is 3.00 bits per heavy atom. The number of anilines is 2. The molecule has 0 radical (unpaired) electrons. The van der Waals surface area contributed by atoms with Gasteiger partial charge in [0, 0.05) is 19.0 Å². The Hall–Kier alpha value is -1.96. The van der Waals surface area contributed by atoms with Crippen LogP contribution in [0.3, 0.4) is 0 Å². The highest BCUT2D eigenvalue weighted by atomic mass is 16.5. The van der Waals surface area contributed by atoms with E-state index in [-0.39, 0.29) is 5.95 Å². The molecule has 0 aliphatic heterocycles. The van der Waals surface area contributed by atoms with E-state index >= 15 is 0 Å². The fourth-order valence-corrected chi connectivity index (χ4v) is 1.21. The number of nitrogen functional groups attached to an aromatic ring is 1. The lowest BCUT2D eigenvalue weighted by atomic mass is 10.2. The van der Waals surface area contributed by atoms with Crippen molar-refractivity contribution < 1.29 is 4.74 Å². The number of nitrogens with two attached hydrogens (primary N) is 1. The molecule has 1 aromatic heterocycles. The number of nitrogens with one attached hydrogen (secondary N) is 1. The van der Waals surface area contributed by atoms with E-state index in [1.807, 2.05) is 0 Å². The number of rotatable bonds is 6. The van der Waals surface area contributed by atoms with Crippen molar-refractivity contribution in [3.8, 4) is 18.2 Å². The molecule has 5 heteroatoms. The third-order valence-corrected chi connectivity index (χ3v) is 1.98. The van der Waals surface area contributed by atoms with Crippen LogP contribution in [-0.4, -0.2) is 23.6 Å². The van der Waals surface area contributed by atoms with E-state index in [1.165, 1.54) is 0 Å². The maximum Gasteiger partial charge on any atom is 0.225 e. The van der Waals surface area contributed by atoms with E-state index < -0.39 is 0 Å². The lowest BCUT2D eigenvalue weighted by Gasteiger charge is -2.06. The molecule has 0 atom stereocenters. The zero-order valence-electron chi connectivity index (χ0n) is 9.36. The van der Waals surface area contributed by atoms with Gasteiger partial charge in [-0.1, -0.05) is 0 Å². The molecule has 0 fully saturated rings. The van der Waals surface area contributed by atoms with E-state index in [0.29, 0.717) is 11.7 Å². The van der Waals surface area contributed by atoms with E-state index in [0.717, 1.165) is 25.8 Å². The molecule has 16 heavy (non-hydrogen) atoms. The summed E-state index contributed by atoms with van der Waals surface area (Å²) in [5, 5.41) is 3.14. The van der Waals surface area contributed by atoms with E-state index in [2.05, 4.69) is 21.2 Å². The molecule has 86 valence electrons. The van der Waals surface area contributed by atoms with Gasteiger partial charge in [-0.3, -0.25) is 0 Å². The summed E-state index contributed by atoms with van der Waals surface area (Å²) in [6.45, 7) is 0.807. The highest BCUT2D eigenvalue weighted by Gasteiger charge is 2.01. The first-order valence-electron chi connectivity index (χ1n) is 5.12. The Balaban J connectivity index is 2.41. The van der Waals surface area contributed by atoms with Crippen LogP contribution in [0.2, 0.25) is 0 Å². The molecule has 0 saturated heterocycles. The molecule has 0 bridgehead atoms. The highest BCUT2D eigenvalue weighted by Crippen LogP contribution is 2.13. The Bertz CT molecular complexity index is 373. The van der Waals surface area contributed by atoms with Gasteiger partial charge in [-0.05, 0) is 12.8 Å². The minimum atomic E-state index is 0.200. The molecule has 0 saturated carbocycles. The number of terminal acetylenes is 1. The van der Waals surface area contributed by atoms with Gasteiger partial charge in [-0.25, -0.2) is 0 Å². The maximum atomic E-state index is 5.52. The minimum absolute atomic E-state index is 0.200. The van der Waals surface area contributed by atoms with E-state index in [1.54, 1.807) is 13.2 Å². The Labute approximate surface area is 95.4 Å². The fraction of sp³-hybridized carbons (Fsp3) is 0.455. The standard InChI is InChI=1S/C11H16N4O/c1-3-4-5-6-7-13-9-8-10(16-2)15-11(12)14-9/h1,8H,4-7H2,2H3,(H3,12,13,14,15). The van der Waals surface area contributed by atoms with Crippen molar-refractivity contribution in [1.82, 2.24) is 9.97 Å². The van der Waals surface area contributed by atoms with Crippen LogP contribution in [0.5, 0.6) is 5.88 Å². The molecular formula is C11H16N4O. The van der Waals surface area contributed by atoms with Crippen LogP contribution in [0, 0.1) is 12.3 Å². The second-order valence-electron chi connectivity index (χ2n) is 3.24. The monoisotopic (exact) mass is 220 g/mol. The SMILES string of the molecule is C#CCCCCNc1cc(OC)nc(N)n1. The average Bonchev–Trinajstić information content (AvgIpc) is 2.28. The molecule has 0 aromatic carbocycles. The summed E-state index contributed by atoms with van der Waals surface area (Å²) in [4.78, 5) is 7.92. The number of aromatic nitrogens is 2. The number of ether oxygens (including phenoxy) is 1. The predicted molar refractivity (Wildman–Crippen MR) is 64.2 cm³/mol. The number of methoxy groups -OCH3 is 1.